The van der Waals surface area contributed by atoms with Crippen molar-refractivity contribution >= 4 is 11.3 Å². The Morgan fingerprint density at radius 1 is 1.03 bits per heavy atom. The van der Waals surface area contributed by atoms with Gasteiger partial charge in [0, 0.05) is 29.9 Å². The van der Waals surface area contributed by atoms with E-state index < -0.39 is 5.60 Å². The van der Waals surface area contributed by atoms with Gasteiger partial charge in [-0.3, -0.25) is 0 Å². The summed E-state index contributed by atoms with van der Waals surface area (Å²) in [4.78, 5) is 8.74. The number of hydrogen-bond acceptors (Lipinski definition) is 5. The first-order valence-corrected chi connectivity index (χ1v) is 11.6. The highest BCUT2D eigenvalue weighted by molar-refractivity contribution is 5.84. The maximum absolute atomic E-state index is 9.81. The van der Waals surface area contributed by atoms with Gasteiger partial charge in [-0.25, -0.2) is 4.68 Å². The van der Waals surface area contributed by atoms with Crippen molar-refractivity contribution in [3.05, 3.63) is 100 Å². The third kappa shape index (κ3) is 4.31. The second-order valence-corrected chi connectivity index (χ2v) is 8.66. The highest BCUT2D eigenvalue weighted by atomic mass is 16.5. The Kier molecular flexibility index (Phi) is 6.59. The lowest BCUT2D eigenvalue weighted by atomic mass is 9.88. The molecular weight excluding hydrogens is 450 g/mol. The second-order valence-electron chi connectivity index (χ2n) is 8.66. The van der Waals surface area contributed by atoms with Gasteiger partial charge < -0.3 is 9.64 Å². The van der Waals surface area contributed by atoms with Crippen LogP contribution in [0.5, 0.6) is 0 Å². The number of benzene rings is 2. The summed E-state index contributed by atoms with van der Waals surface area (Å²) in [6, 6.07) is 18.0. The molecule has 0 N–H and O–H groups in total. The van der Waals surface area contributed by atoms with Crippen molar-refractivity contribution in [1.29, 1.82) is 5.26 Å². The number of aromatic nitrogens is 3. The first kappa shape index (κ1) is 24.3. The molecule has 8 heteroatoms. The Bertz CT molecular complexity index is 1450. The predicted molar refractivity (Wildman–Crippen MR) is 138 cm³/mol. The van der Waals surface area contributed by atoms with Crippen molar-refractivity contribution in [2.75, 3.05) is 18.0 Å². The predicted octanol–water partition coefficient (Wildman–Crippen LogP) is 5.87. The zero-order chi connectivity index (χ0) is 25.9. The van der Waals surface area contributed by atoms with Gasteiger partial charge in [-0.2, -0.15) is 15.0 Å². The number of rotatable bonds is 6. The largest absolute Gasteiger partial charge is 0.563 e. The van der Waals surface area contributed by atoms with E-state index in [0.717, 1.165) is 35.6 Å². The summed E-state index contributed by atoms with van der Waals surface area (Å²) in [5.74, 6) is -0.200. The Morgan fingerprint density at radius 3 is 2.19 bits per heavy atom. The quantitative estimate of drug-likeness (QED) is 0.417. The third-order valence-corrected chi connectivity index (χ3v) is 6.17. The van der Waals surface area contributed by atoms with Crippen molar-refractivity contribution in [3.63, 3.8) is 0 Å². The van der Waals surface area contributed by atoms with Crippen molar-refractivity contribution in [2.24, 2.45) is 0 Å². The molecule has 2 aromatic carbocycles. The number of anilines is 1. The van der Waals surface area contributed by atoms with Crippen LogP contribution < -0.4 is 4.90 Å². The molecule has 0 fully saturated rings. The lowest BCUT2D eigenvalue weighted by Gasteiger charge is -2.22. The second kappa shape index (κ2) is 9.78. The summed E-state index contributed by atoms with van der Waals surface area (Å²) in [6.07, 6.45) is 1.88. The molecular formula is C28H25N7O. The standard InChI is InChI=1S/C28H25N7O/c1-7-34(8-2)21-13-15-22(16-14-21)35-18-24(32-33-35)19-9-11-20(12-10-19)25-23(17-29)26(27(30-5)31-6)36-28(25,3)4/h9-16,18H,7-8H2,1-4H3. The van der Waals surface area contributed by atoms with Crippen LogP contribution >= 0.6 is 0 Å². The summed E-state index contributed by atoms with van der Waals surface area (Å²) in [5, 5.41) is 18.4. The van der Waals surface area contributed by atoms with Gasteiger partial charge in [0.1, 0.15) is 30.5 Å². The van der Waals surface area contributed by atoms with Gasteiger partial charge in [-0.15, -0.1) is 5.10 Å². The Balaban J connectivity index is 1.64. The molecule has 0 amide bonds. The van der Waals surface area contributed by atoms with Crippen LogP contribution in [-0.2, 0) is 4.74 Å². The molecule has 178 valence electrons. The van der Waals surface area contributed by atoms with Crippen LogP contribution in [0.15, 0.2) is 71.9 Å². The summed E-state index contributed by atoms with van der Waals surface area (Å²) in [6.45, 7) is 24.3. The SMILES string of the molecule is [C-]#[N+]C([N+]#[C-])=C1OC(C)(C)C(c2ccc(-c3cn(-c4ccc(N(CC)CC)cc4)nn3)cc2)=C1C#N. The molecule has 0 atom stereocenters. The highest BCUT2D eigenvalue weighted by Gasteiger charge is 2.42. The van der Waals surface area contributed by atoms with E-state index in [0.29, 0.717) is 5.57 Å². The van der Waals surface area contributed by atoms with Gasteiger partial charge in [-0.05, 0) is 57.5 Å². The van der Waals surface area contributed by atoms with Crippen molar-refractivity contribution in [2.45, 2.75) is 33.3 Å². The van der Waals surface area contributed by atoms with Gasteiger partial charge >= 0.3 is 5.82 Å². The minimum Gasteiger partial charge on any atom is -0.485 e. The Morgan fingerprint density at radius 2 is 1.64 bits per heavy atom. The zero-order valence-electron chi connectivity index (χ0n) is 20.6. The van der Waals surface area contributed by atoms with Crippen LogP contribution in [0.3, 0.4) is 0 Å². The van der Waals surface area contributed by atoms with E-state index in [1.807, 2.05) is 56.4 Å². The van der Waals surface area contributed by atoms with E-state index in [-0.39, 0.29) is 17.2 Å². The molecule has 1 aliphatic rings. The lowest BCUT2D eigenvalue weighted by Crippen LogP contribution is -2.21. The molecule has 0 aliphatic carbocycles. The molecule has 4 rings (SSSR count). The van der Waals surface area contributed by atoms with Gasteiger partial charge in [0.2, 0.25) is 5.76 Å². The average Bonchev–Trinajstić information content (AvgIpc) is 3.48. The first-order chi connectivity index (χ1) is 17.4. The van der Waals surface area contributed by atoms with Gasteiger partial charge in [0.25, 0.3) is 0 Å². The molecule has 36 heavy (non-hydrogen) atoms. The summed E-state index contributed by atoms with van der Waals surface area (Å²) < 4.78 is 7.64. The molecule has 3 aromatic rings. The molecule has 0 radical (unpaired) electrons. The van der Waals surface area contributed by atoms with Crippen LogP contribution in [0.1, 0.15) is 33.3 Å². The Labute approximate surface area is 211 Å². The number of nitrogens with zero attached hydrogens (tertiary/aromatic N) is 7. The molecule has 1 aromatic heterocycles. The van der Waals surface area contributed by atoms with Crippen molar-refractivity contribution in [1.82, 2.24) is 15.0 Å². The highest BCUT2D eigenvalue weighted by Crippen LogP contribution is 2.45. The maximum atomic E-state index is 9.81. The number of allylic oxidation sites excluding steroid dienone is 1. The van der Waals surface area contributed by atoms with Crippen molar-refractivity contribution < 1.29 is 4.74 Å². The monoisotopic (exact) mass is 475 g/mol. The molecule has 0 saturated carbocycles. The van der Waals surface area contributed by atoms with Crippen LogP contribution in [0.25, 0.3) is 32.2 Å². The number of hydrogen-bond donors (Lipinski definition) is 0. The van der Waals surface area contributed by atoms with Gasteiger partial charge in [-0.1, -0.05) is 29.5 Å². The molecule has 2 heterocycles. The van der Waals surface area contributed by atoms with E-state index in [2.05, 4.69) is 57.0 Å². The molecule has 0 bridgehead atoms. The van der Waals surface area contributed by atoms with Crippen LogP contribution in [-0.4, -0.2) is 33.7 Å². The first-order valence-electron chi connectivity index (χ1n) is 11.6. The molecule has 1 aliphatic heterocycles. The smallest absolute Gasteiger partial charge is 0.485 e. The number of nitriles is 1. The molecule has 0 spiro atoms. The molecule has 0 unspecified atom stereocenters. The summed E-state index contributed by atoms with van der Waals surface area (Å²) in [7, 11) is 0. The molecule has 8 nitrogen and oxygen atoms in total. The number of ether oxygens (including phenoxy) is 1. The van der Waals surface area contributed by atoms with E-state index in [1.54, 1.807) is 4.68 Å². The zero-order valence-corrected chi connectivity index (χ0v) is 20.6. The lowest BCUT2D eigenvalue weighted by molar-refractivity contribution is 0.109. The van der Waals surface area contributed by atoms with E-state index in [9.17, 15) is 5.26 Å². The average molecular weight is 476 g/mol. The maximum Gasteiger partial charge on any atom is 0.563 e. The fraction of sp³-hybridized carbons (Fsp3) is 0.250. The fourth-order valence-electron chi connectivity index (χ4n) is 4.39. The van der Waals surface area contributed by atoms with Crippen LogP contribution in [0, 0.1) is 24.5 Å². The van der Waals surface area contributed by atoms with Gasteiger partial charge in [0.05, 0.1) is 17.5 Å². The minimum atomic E-state index is -0.858. The fourth-order valence-corrected chi connectivity index (χ4v) is 4.39. The topological polar surface area (TPSA) is 75.7 Å². The molecule has 0 saturated heterocycles. The summed E-state index contributed by atoms with van der Waals surface area (Å²) >= 11 is 0. The van der Waals surface area contributed by atoms with Gasteiger partial charge in [0.15, 0.2) is 0 Å². The van der Waals surface area contributed by atoms with Crippen molar-refractivity contribution in [3.8, 4) is 23.0 Å². The third-order valence-electron chi connectivity index (χ3n) is 6.17. The van der Waals surface area contributed by atoms with Crippen LogP contribution in [0.4, 0.5) is 5.69 Å². The minimum absolute atomic E-state index is 0.0431. The van der Waals surface area contributed by atoms with E-state index in [4.69, 9.17) is 17.9 Å². The Hall–Kier alpha value is -4.87. The van der Waals surface area contributed by atoms with E-state index in [1.165, 1.54) is 5.69 Å². The summed E-state index contributed by atoms with van der Waals surface area (Å²) in [5.41, 5.74) is 4.47. The normalized spacial score (nSPS) is 14.0. The van der Waals surface area contributed by atoms with Crippen LogP contribution in [0.2, 0.25) is 0 Å². The van der Waals surface area contributed by atoms with E-state index >= 15 is 0 Å².